The maximum absolute atomic E-state index is 12.4. The molecule has 3 rings (SSSR count). The van der Waals surface area contributed by atoms with E-state index in [0.717, 1.165) is 31.1 Å². The molecule has 0 bridgehead atoms. The molecule has 5 heteroatoms. The monoisotopic (exact) mass is 399 g/mol. The van der Waals surface area contributed by atoms with Gasteiger partial charge < -0.3 is 5.32 Å². The van der Waals surface area contributed by atoms with E-state index in [1.54, 1.807) is 17.2 Å². The van der Waals surface area contributed by atoms with Crippen molar-refractivity contribution >= 4 is 12.4 Å². The summed E-state index contributed by atoms with van der Waals surface area (Å²) in [4.78, 5) is 0. The van der Waals surface area contributed by atoms with Crippen molar-refractivity contribution in [1.82, 2.24) is 5.32 Å². The van der Waals surface area contributed by atoms with Gasteiger partial charge in [-0.3, -0.25) is 0 Å². The fourth-order valence-electron chi connectivity index (χ4n) is 3.17. The predicted octanol–water partition coefficient (Wildman–Crippen LogP) is 6.23. The van der Waals surface area contributed by atoms with Gasteiger partial charge in [0, 0.05) is 0 Å². The van der Waals surface area contributed by atoms with E-state index in [4.69, 9.17) is 0 Å². The van der Waals surface area contributed by atoms with Crippen molar-refractivity contribution in [3.63, 3.8) is 0 Å². The summed E-state index contributed by atoms with van der Waals surface area (Å²) < 4.78 is 37.2. The Kier molecular flexibility index (Phi) is 10.5. The van der Waals surface area contributed by atoms with Crippen molar-refractivity contribution in [2.45, 2.75) is 51.6 Å². The lowest BCUT2D eigenvalue weighted by molar-refractivity contribution is -0.137. The van der Waals surface area contributed by atoms with Crippen molar-refractivity contribution in [3.05, 3.63) is 70.8 Å². The van der Waals surface area contributed by atoms with E-state index in [9.17, 15) is 13.2 Å². The highest BCUT2D eigenvalue weighted by Crippen LogP contribution is 2.29. The van der Waals surface area contributed by atoms with Gasteiger partial charge in [0.05, 0.1) is 5.56 Å². The van der Waals surface area contributed by atoms with E-state index in [0.29, 0.717) is 6.42 Å². The van der Waals surface area contributed by atoms with Crippen LogP contribution in [0.2, 0.25) is 0 Å². The molecule has 1 aliphatic carbocycles. The first kappa shape index (κ1) is 23.5. The minimum absolute atomic E-state index is 0. The molecule has 0 heterocycles. The fourth-order valence-corrected chi connectivity index (χ4v) is 3.17. The van der Waals surface area contributed by atoms with Gasteiger partial charge in [0.25, 0.3) is 0 Å². The first-order valence-electron chi connectivity index (χ1n) is 9.44. The molecule has 0 spiro atoms. The third-order valence-corrected chi connectivity index (χ3v) is 4.58. The average molecular weight is 400 g/mol. The summed E-state index contributed by atoms with van der Waals surface area (Å²) in [5, 5.41) is 3.14. The molecule has 0 amide bonds. The van der Waals surface area contributed by atoms with E-state index < -0.39 is 11.7 Å². The van der Waals surface area contributed by atoms with Crippen LogP contribution >= 0.6 is 12.4 Å². The number of fused-ring (bicyclic) bond motifs is 1. The van der Waals surface area contributed by atoms with E-state index in [1.165, 1.54) is 37.8 Å². The fraction of sp³-hybridized carbons (Fsp3) is 0.455. The molecular formula is C22H29ClF3N. The van der Waals surface area contributed by atoms with Crippen LogP contribution in [0.3, 0.4) is 0 Å². The molecule has 0 unspecified atom stereocenters. The number of benzene rings is 2. The van der Waals surface area contributed by atoms with Crippen molar-refractivity contribution in [3.8, 4) is 0 Å². The largest absolute Gasteiger partial charge is 0.416 e. The molecule has 0 atom stereocenters. The quantitative estimate of drug-likeness (QED) is 0.587. The van der Waals surface area contributed by atoms with Crippen molar-refractivity contribution in [2.75, 3.05) is 13.1 Å². The summed E-state index contributed by atoms with van der Waals surface area (Å²) in [6, 6.07) is 14.3. The summed E-state index contributed by atoms with van der Waals surface area (Å²) >= 11 is 0. The lowest BCUT2D eigenvalue weighted by Gasteiger charge is -2.13. The molecular weight excluding hydrogens is 371 g/mol. The molecule has 0 saturated heterocycles. The average Bonchev–Trinajstić information content (AvgIpc) is 2.65. The minimum Gasteiger partial charge on any atom is -0.317 e. The molecule has 0 aliphatic heterocycles. The lowest BCUT2D eigenvalue weighted by atomic mass is 9.92. The zero-order chi connectivity index (χ0) is 18.8. The van der Waals surface area contributed by atoms with Gasteiger partial charge in [-0.2, -0.15) is 13.2 Å². The van der Waals surface area contributed by atoms with Crippen molar-refractivity contribution in [2.24, 2.45) is 0 Å². The molecule has 2 aromatic rings. The number of aryl methyl sites for hydroxylation is 3. The number of hydrogen-bond donors (Lipinski definition) is 1. The molecule has 27 heavy (non-hydrogen) atoms. The first-order valence-corrected chi connectivity index (χ1v) is 9.44. The normalized spacial score (nSPS) is 13.0. The van der Waals surface area contributed by atoms with Gasteiger partial charge in [-0.1, -0.05) is 49.4 Å². The Bertz CT molecular complexity index is 646. The summed E-state index contributed by atoms with van der Waals surface area (Å²) in [7, 11) is 0. The maximum atomic E-state index is 12.4. The minimum atomic E-state index is -4.24. The maximum Gasteiger partial charge on any atom is 0.416 e. The van der Waals surface area contributed by atoms with E-state index in [2.05, 4.69) is 29.6 Å². The molecule has 150 valence electrons. The smallest absolute Gasteiger partial charge is 0.317 e. The third-order valence-electron chi connectivity index (χ3n) is 4.58. The van der Waals surface area contributed by atoms with E-state index >= 15 is 0 Å². The Morgan fingerprint density at radius 3 is 2.11 bits per heavy atom. The second kappa shape index (κ2) is 12.0. The molecule has 0 saturated carbocycles. The van der Waals surface area contributed by atoms with Crippen LogP contribution in [0.25, 0.3) is 0 Å². The molecule has 0 radical (unpaired) electrons. The highest BCUT2D eigenvalue weighted by Gasteiger charge is 2.30. The van der Waals surface area contributed by atoms with Crippen LogP contribution in [0, 0.1) is 0 Å². The van der Waals surface area contributed by atoms with Gasteiger partial charge in [0.15, 0.2) is 0 Å². The molecule has 1 nitrogen and oxygen atoms in total. The number of rotatable bonds is 5. The topological polar surface area (TPSA) is 12.0 Å². The summed E-state index contributed by atoms with van der Waals surface area (Å²) in [6.45, 7) is 3.74. The summed E-state index contributed by atoms with van der Waals surface area (Å²) in [5.74, 6) is 0. The van der Waals surface area contributed by atoms with Crippen LogP contribution < -0.4 is 5.32 Å². The van der Waals surface area contributed by atoms with Gasteiger partial charge in [0.1, 0.15) is 0 Å². The Labute approximate surface area is 166 Å². The zero-order valence-corrected chi connectivity index (χ0v) is 16.6. The van der Waals surface area contributed by atoms with Crippen molar-refractivity contribution in [1.29, 1.82) is 0 Å². The third kappa shape index (κ3) is 8.35. The Morgan fingerprint density at radius 1 is 0.926 bits per heavy atom. The SMILES string of the molecule is CCNCCCc1cccc(C(F)(F)F)c1.Cl.c1ccc2c(c1)CCCC2. The number of hydrogen-bond acceptors (Lipinski definition) is 1. The van der Waals surface area contributed by atoms with Crippen LogP contribution in [0.4, 0.5) is 13.2 Å². The standard InChI is InChI=1S/C12H16F3N.C10H12.ClH/c1-2-16-8-4-6-10-5-3-7-11(9-10)12(13,14)15;1-2-6-10-8-4-3-7-9(10)5-1;/h3,5,7,9,16H,2,4,6,8H2,1H3;1-2,5-6H,3-4,7-8H2;1H. The molecule has 0 fully saturated rings. The molecule has 1 N–H and O–H groups in total. The zero-order valence-electron chi connectivity index (χ0n) is 15.8. The molecule has 0 aromatic heterocycles. The number of alkyl halides is 3. The van der Waals surface area contributed by atoms with Gasteiger partial charge >= 0.3 is 6.18 Å². The van der Waals surface area contributed by atoms with Crippen LogP contribution in [-0.4, -0.2) is 13.1 Å². The predicted molar refractivity (Wildman–Crippen MR) is 109 cm³/mol. The number of nitrogens with one attached hydrogen (secondary N) is 1. The van der Waals surface area contributed by atoms with Crippen LogP contribution in [0.15, 0.2) is 48.5 Å². The first-order chi connectivity index (χ1) is 12.5. The Balaban J connectivity index is 0.000000284. The van der Waals surface area contributed by atoms with Crippen LogP contribution in [0.5, 0.6) is 0 Å². The van der Waals surface area contributed by atoms with Gasteiger partial charge in [-0.25, -0.2) is 0 Å². The Hall–Kier alpha value is -1.52. The van der Waals surface area contributed by atoms with Crippen LogP contribution in [-0.2, 0) is 25.4 Å². The van der Waals surface area contributed by atoms with E-state index in [1.807, 2.05) is 6.92 Å². The second-order valence-corrected chi connectivity index (χ2v) is 6.63. The van der Waals surface area contributed by atoms with Gasteiger partial charge in [-0.15, -0.1) is 12.4 Å². The van der Waals surface area contributed by atoms with Crippen molar-refractivity contribution < 1.29 is 13.2 Å². The van der Waals surface area contributed by atoms with Gasteiger partial charge in [-0.05, 0) is 74.4 Å². The van der Waals surface area contributed by atoms with E-state index in [-0.39, 0.29) is 12.4 Å². The van der Waals surface area contributed by atoms with Gasteiger partial charge in [0.2, 0.25) is 0 Å². The molecule has 2 aromatic carbocycles. The second-order valence-electron chi connectivity index (χ2n) is 6.63. The summed E-state index contributed by atoms with van der Waals surface area (Å²) in [6.07, 6.45) is 2.67. The van der Waals surface area contributed by atoms with Crippen LogP contribution in [0.1, 0.15) is 48.4 Å². The summed E-state index contributed by atoms with van der Waals surface area (Å²) in [5.41, 5.74) is 3.34. The highest BCUT2D eigenvalue weighted by atomic mass is 35.5. The number of halogens is 4. The highest BCUT2D eigenvalue weighted by molar-refractivity contribution is 5.85. The Morgan fingerprint density at radius 2 is 1.56 bits per heavy atom. The lowest BCUT2D eigenvalue weighted by Crippen LogP contribution is -2.14. The molecule has 1 aliphatic rings.